The van der Waals surface area contributed by atoms with Gasteiger partial charge in [0.05, 0.1) is 13.2 Å². The molecule has 3 rings (SSSR count). The number of nitrogens with one attached hydrogen (secondary N) is 1. The van der Waals surface area contributed by atoms with Gasteiger partial charge in [0.15, 0.2) is 11.5 Å². The highest BCUT2D eigenvalue weighted by Crippen LogP contribution is 2.32. The van der Waals surface area contributed by atoms with Crippen molar-refractivity contribution in [2.75, 3.05) is 13.7 Å². The Kier molecular flexibility index (Phi) is 5.71. The van der Waals surface area contributed by atoms with Crippen molar-refractivity contribution in [2.24, 2.45) is 0 Å². The number of methoxy groups -OCH3 is 1. The van der Waals surface area contributed by atoms with Crippen molar-refractivity contribution >= 4 is 18.5 Å². The highest BCUT2D eigenvalue weighted by Gasteiger charge is 2.24. The molecule has 0 unspecified atom stereocenters. The van der Waals surface area contributed by atoms with Crippen LogP contribution < -0.4 is 14.8 Å². The molecule has 1 N–H and O–H groups in total. The normalized spacial score (nSPS) is 16.0. The first-order chi connectivity index (χ1) is 10.8. The van der Waals surface area contributed by atoms with Gasteiger partial charge in [-0.2, -0.15) is 0 Å². The van der Waals surface area contributed by atoms with Crippen LogP contribution in [0.15, 0.2) is 48.5 Å². The molecule has 0 radical (unpaired) electrons. The number of hydrogen-bond acceptors (Lipinski definition) is 4. The molecule has 1 atom stereocenters. The maximum atomic E-state index is 11.2. The third-order valence-electron chi connectivity index (χ3n) is 3.50. The number of amides is 1. The van der Waals surface area contributed by atoms with E-state index in [9.17, 15) is 4.79 Å². The third-order valence-corrected chi connectivity index (χ3v) is 3.50. The Labute approximate surface area is 141 Å². The molecule has 0 aliphatic carbocycles. The average Bonchev–Trinajstić information content (AvgIpc) is 3.00. The summed E-state index contributed by atoms with van der Waals surface area (Å²) >= 11 is 0. The minimum absolute atomic E-state index is 0. The number of ether oxygens (including phenoxy) is 3. The molecular weight excluding hydrogens is 318 g/mol. The first-order valence-electron chi connectivity index (χ1n) is 7.04. The Morgan fingerprint density at radius 2 is 1.96 bits per heavy atom. The minimum atomic E-state index is -0.396. The van der Waals surface area contributed by atoms with E-state index >= 15 is 0 Å². The van der Waals surface area contributed by atoms with Gasteiger partial charge in [0.2, 0.25) is 0 Å². The van der Waals surface area contributed by atoms with Crippen molar-refractivity contribution in [3.05, 3.63) is 59.7 Å². The zero-order chi connectivity index (χ0) is 15.4. The summed E-state index contributed by atoms with van der Waals surface area (Å²) in [6, 6.07) is 15.4. The largest absolute Gasteiger partial charge is 0.493 e. The van der Waals surface area contributed by atoms with Crippen LogP contribution in [0, 0.1) is 0 Å². The quantitative estimate of drug-likeness (QED) is 0.909. The van der Waals surface area contributed by atoms with E-state index < -0.39 is 6.09 Å². The SMILES string of the molecule is COc1ccc([C@H]2COC(=O)N2)cc1OCc1ccccc1.Cl. The van der Waals surface area contributed by atoms with Gasteiger partial charge in [0.25, 0.3) is 0 Å². The fourth-order valence-corrected chi connectivity index (χ4v) is 2.32. The lowest BCUT2D eigenvalue weighted by atomic mass is 10.1. The number of rotatable bonds is 5. The molecule has 1 amide bonds. The average molecular weight is 336 g/mol. The molecule has 0 aromatic heterocycles. The molecule has 122 valence electrons. The van der Waals surface area contributed by atoms with Crippen LogP contribution in [-0.4, -0.2) is 19.8 Å². The van der Waals surface area contributed by atoms with E-state index in [1.807, 2.05) is 48.5 Å². The summed E-state index contributed by atoms with van der Waals surface area (Å²) in [5.41, 5.74) is 2.00. The summed E-state index contributed by atoms with van der Waals surface area (Å²) < 4.78 is 16.1. The van der Waals surface area contributed by atoms with Gasteiger partial charge in [-0.05, 0) is 23.3 Å². The molecule has 1 fully saturated rings. The summed E-state index contributed by atoms with van der Waals surface area (Å²) in [6.07, 6.45) is -0.396. The molecular formula is C17H18ClNO4. The lowest BCUT2D eigenvalue weighted by Gasteiger charge is -2.14. The standard InChI is InChI=1S/C17H17NO4.ClH/c1-20-15-8-7-13(14-11-22-17(19)18-14)9-16(15)21-10-12-5-3-2-4-6-12;/h2-9,14H,10-11H2,1H3,(H,18,19);1H/t14-;/m1./s1. The van der Waals surface area contributed by atoms with Crippen molar-refractivity contribution in [1.29, 1.82) is 0 Å². The van der Waals surface area contributed by atoms with E-state index in [0.717, 1.165) is 11.1 Å². The van der Waals surface area contributed by atoms with Gasteiger partial charge in [-0.1, -0.05) is 36.4 Å². The Bertz CT molecular complexity index is 663. The summed E-state index contributed by atoms with van der Waals surface area (Å²) in [5, 5.41) is 2.75. The summed E-state index contributed by atoms with van der Waals surface area (Å²) in [6.45, 7) is 0.775. The number of carbonyl (C=O) groups is 1. The fraction of sp³-hybridized carbons (Fsp3) is 0.235. The molecule has 0 bridgehead atoms. The predicted molar refractivity (Wildman–Crippen MR) is 88.2 cm³/mol. The third kappa shape index (κ3) is 4.07. The summed E-state index contributed by atoms with van der Waals surface area (Å²) in [7, 11) is 1.60. The van der Waals surface area contributed by atoms with Gasteiger partial charge in [-0.25, -0.2) is 4.79 Å². The Hall–Kier alpha value is -2.40. The molecule has 5 nitrogen and oxygen atoms in total. The van der Waals surface area contributed by atoms with Gasteiger partial charge >= 0.3 is 6.09 Å². The highest BCUT2D eigenvalue weighted by molar-refractivity contribution is 5.85. The number of alkyl carbamates (subject to hydrolysis) is 1. The van der Waals surface area contributed by atoms with Gasteiger partial charge in [-0.3, -0.25) is 0 Å². The van der Waals surface area contributed by atoms with Crippen molar-refractivity contribution in [3.63, 3.8) is 0 Å². The first-order valence-corrected chi connectivity index (χ1v) is 7.04. The number of carbonyl (C=O) groups excluding carboxylic acids is 1. The molecule has 1 saturated heterocycles. The Morgan fingerprint density at radius 3 is 2.61 bits per heavy atom. The van der Waals surface area contributed by atoms with E-state index in [4.69, 9.17) is 14.2 Å². The lowest BCUT2D eigenvalue weighted by molar-refractivity contribution is 0.177. The highest BCUT2D eigenvalue weighted by atomic mass is 35.5. The van der Waals surface area contributed by atoms with Gasteiger partial charge < -0.3 is 19.5 Å². The monoisotopic (exact) mass is 335 g/mol. The molecule has 2 aromatic carbocycles. The second-order valence-electron chi connectivity index (χ2n) is 4.98. The van der Waals surface area contributed by atoms with Crippen molar-refractivity contribution in [3.8, 4) is 11.5 Å². The van der Waals surface area contributed by atoms with Gasteiger partial charge in [-0.15, -0.1) is 12.4 Å². The molecule has 1 aliphatic rings. The number of hydrogen-bond donors (Lipinski definition) is 1. The summed E-state index contributed by atoms with van der Waals surface area (Å²) in [5.74, 6) is 1.30. The van der Waals surface area contributed by atoms with Crippen molar-refractivity contribution < 1.29 is 19.0 Å². The maximum absolute atomic E-state index is 11.2. The second kappa shape index (κ2) is 7.74. The van der Waals surface area contributed by atoms with Crippen LogP contribution in [0.25, 0.3) is 0 Å². The van der Waals surface area contributed by atoms with Crippen LogP contribution >= 0.6 is 12.4 Å². The zero-order valence-corrected chi connectivity index (χ0v) is 13.5. The van der Waals surface area contributed by atoms with E-state index in [-0.39, 0.29) is 18.4 Å². The summed E-state index contributed by atoms with van der Waals surface area (Å²) in [4.78, 5) is 11.2. The molecule has 1 heterocycles. The predicted octanol–water partition coefficient (Wildman–Crippen LogP) is 3.48. The smallest absolute Gasteiger partial charge is 0.407 e. The second-order valence-corrected chi connectivity index (χ2v) is 4.98. The van der Waals surface area contributed by atoms with E-state index in [2.05, 4.69) is 5.32 Å². The van der Waals surface area contributed by atoms with Crippen LogP contribution in [0.5, 0.6) is 11.5 Å². The topological polar surface area (TPSA) is 56.8 Å². The zero-order valence-electron chi connectivity index (χ0n) is 12.7. The minimum Gasteiger partial charge on any atom is -0.493 e. The fourth-order valence-electron chi connectivity index (χ4n) is 2.32. The van der Waals surface area contributed by atoms with Gasteiger partial charge in [0.1, 0.15) is 13.2 Å². The van der Waals surface area contributed by atoms with E-state index in [1.165, 1.54) is 0 Å². The molecule has 1 aliphatic heterocycles. The van der Waals surface area contributed by atoms with Crippen LogP contribution in [0.3, 0.4) is 0 Å². The van der Waals surface area contributed by atoms with Gasteiger partial charge in [0, 0.05) is 0 Å². The van der Waals surface area contributed by atoms with Crippen molar-refractivity contribution in [1.82, 2.24) is 5.32 Å². The molecule has 23 heavy (non-hydrogen) atoms. The number of benzene rings is 2. The van der Waals surface area contributed by atoms with E-state index in [1.54, 1.807) is 7.11 Å². The first kappa shape index (κ1) is 17.0. The molecule has 6 heteroatoms. The molecule has 0 spiro atoms. The van der Waals surface area contributed by atoms with Crippen LogP contribution in [0.2, 0.25) is 0 Å². The van der Waals surface area contributed by atoms with E-state index in [0.29, 0.717) is 24.7 Å². The Balaban J connectivity index is 0.00000192. The lowest BCUT2D eigenvalue weighted by Crippen LogP contribution is -2.18. The number of halogens is 1. The molecule has 2 aromatic rings. The van der Waals surface area contributed by atoms with Crippen LogP contribution in [0.4, 0.5) is 4.79 Å². The van der Waals surface area contributed by atoms with Crippen LogP contribution in [-0.2, 0) is 11.3 Å². The molecule has 0 saturated carbocycles. The van der Waals surface area contributed by atoms with Crippen LogP contribution in [0.1, 0.15) is 17.2 Å². The Morgan fingerprint density at radius 1 is 1.17 bits per heavy atom. The maximum Gasteiger partial charge on any atom is 0.407 e. The number of cyclic esters (lactones) is 1. The van der Waals surface area contributed by atoms with Crippen molar-refractivity contribution in [2.45, 2.75) is 12.6 Å².